The number of amides is 1. The summed E-state index contributed by atoms with van der Waals surface area (Å²) in [6.45, 7) is 6.15. The van der Waals surface area contributed by atoms with Crippen molar-refractivity contribution in [3.8, 4) is 0 Å². The van der Waals surface area contributed by atoms with E-state index in [-0.39, 0.29) is 17.9 Å². The number of carbonyl (C=O) groups excluding carboxylic acids is 1. The number of rotatable bonds is 4. The van der Waals surface area contributed by atoms with E-state index in [2.05, 4.69) is 35.8 Å². The van der Waals surface area contributed by atoms with Gasteiger partial charge in [0.15, 0.2) is 0 Å². The smallest absolute Gasteiger partial charge is 0.255 e. The third-order valence-electron chi connectivity index (χ3n) is 5.87. The predicted octanol–water partition coefficient (Wildman–Crippen LogP) is 3.72. The van der Waals surface area contributed by atoms with Gasteiger partial charge in [-0.1, -0.05) is 60.7 Å². The van der Waals surface area contributed by atoms with Crippen LogP contribution in [0.4, 0.5) is 0 Å². The van der Waals surface area contributed by atoms with Gasteiger partial charge >= 0.3 is 0 Å². The molecule has 4 nitrogen and oxygen atoms in total. The molecule has 0 saturated carbocycles. The first kappa shape index (κ1) is 18.5. The van der Waals surface area contributed by atoms with Crippen LogP contribution in [0.3, 0.4) is 0 Å². The zero-order valence-electron chi connectivity index (χ0n) is 16.5. The third kappa shape index (κ3) is 3.48. The Morgan fingerprint density at radius 2 is 1.64 bits per heavy atom. The van der Waals surface area contributed by atoms with E-state index >= 15 is 0 Å². The molecule has 1 aliphatic heterocycles. The summed E-state index contributed by atoms with van der Waals surface area (Å²) in [7, 11) is 0. The van der Waals surface area contributed by atoms with Crippen molar-refractivity contribution in [1.29, 1.82) is 0 Å². The van der Waals surface area contributed by atoms with Crippen LogP contribution in [0.2, 0.25) is 0 Å². The van der Waals surface area contributed by atoms with Crippen molar-refractivity contribution in [2.45, 2.75) is 32.4 Å². The molecule has 1 saturated heterocycles. The molecule has 0 aliphatic carbocycles. The molecule has 3 aromatic rings. The first-order chi connectivity index (χ1) is 13.5. The molecule has 2 heterocycles. The first-order valence-electron chi connectivity index (χ1n) is 9.85. The Morgan fingerprint density at radius 1 is 1.00 bits per heavy atom. The van der Waals surface area contributed by atoms with E-state index in [4.69, 9.17) is 5.73 Å². The lowest BCUT2D eigenvalue weighted by Gasteiger charge is -2.17. The van der Waals surface area contributed by atoms with Gasteiger partial charge < -0.3 is 15.2 Å². The first-order valence-corrected chi connectivity index (χ1v) is 9.85. The Bertz CT molecular complexity index is 962. The van der Waals surface area contributed by atoms with Gasteiger partial charge in [0.2, 0.25) is 0 Å². The number of nitrogens with two attached hydrogens (primary N) is 1. The predicted molar refractivity (Wildman–Crippen MR) is 113 cm³/mol. The van der Waals surface area contributed by atoms with Crippen LogP contribution in [-0.2, 0) is 6.54 Å². The summed E-state index contributed by atoms with van der Waals surface area (Å²) in [5.41, 5.74) is 11.7. The van der Waals surface area contributed by atoms with E-state index in [1.165, 1.54) is 11.1 Å². The Balaban J connectivity index is 1.55. The number of hydrogen-bond acceptors (Lipinski definition) is 2. The number of nitrogens with zero attached hydrogens (tertiary/aromatic N) is 2. The summed E-state index contributed by atoms with van der Waals surface area (Å²) in [4.78, 5) is 15.2. The number of aromatic nitrogens is 1. The van der Waals surface area contributed by atoms with Gasteiger partial charge in [0.05, 0.1) is 5.56 Å². The molecule has 1 amide bonds. The van der Waals surface area contributed by atoms with E-state index in [9.17, 15) is 4.79 Å². The van der Waals surface area contributed by atoms with E-state index < -0.39 is 0 Å². The molecule has 4 rings (SSSR count). The molecular weight excluding hydrogens is 346 g/mol. The van der Waals surface area contributed by atoms with Gasteiger partial charge in [-0.05, 0) is 31.0 Å². The summed E-state index contributed by atoms with van der Waals surface area (Å²) in [6.07, 6.45) is 0. The van der Waals surface area contributed by atoms with Crippen molar-refractivity contribution in [3.63, 3.8) is 0 Å². The van der Waals surface area contributed by atoms with Crippen molar-refractivity contribution in [2.75, 3.05) is 13.1 Å². The minimum atomic E-state index is -0.0286. The van der Waals surface area contributed by atoms with Crippen LogP contribution in [-0.4, -0.2) is 34.5 Å². The molecule has 1 aliphatic rings. The van der Waals surface area contributed by atoms with Gasteiger partial charge in [-0.15, -0.1) is 0 Å². The van der Waals surface area contributed by atoms with Crippen LogP contribution in [0, 0.1) is 13.8 Å². The number of carbonyl (C=O) groups is 1. The van der Waals surface area contributed by atoms with Crippen molar-refractivity contribution in [1.82, 2.24) is 9.47 Å². The van der Waals surface area contributed by atoms with Crippen LogP contribution in [0.15, 0.2) is 66.7 Å². The molecule has 4 heteroatoms. The van der Waals surface area contributed by atoms with E-state index in [1.54, 1.807) is 0 Å². The Labute approximate surface area is 166 Å². The maximum Gasteiger partial charge on any atom is 0.255 e. The van der Waals surface area contributed by atoms with Crippen LogP contribution in [0.1, 0.15) is 38.8 Å². The molecule has 0 spiro atoms. The topological polar surface area (TPSA) is 51.3 Å². The summed E-state index contributed by atoms with van der Waals surface area (Å²) in [5, 5.41) is 0. The average molecular weight is 374 g/mol. The zero-order valence-corrected chi connectivity index (χ0v) is 16.5. The van der Waals surface area contributed by atoms with Gasteiger partial charge in [-0.3, -0.25) is 4.79 Å². The van der Waals surface area contributed by atoms with Gasteiger partial charge in [-0.2, -0.15) is 0 Å². The van der Waals surface area contributed by atoms with Gasteiger partial charge in [-0.25, -0.2) is 0 Å². The lowest BCUT2D eigenvalue weighted by atomic mass is 9.95. The van der Waals surface area contributed by atoms with Crippen molar-refractivity contribution < 1.29 is 4.79 Å². The Morgan fingerprint density at radius 3 is 2.32 bits per heavy atom. The largest absolute Gasteiger partial charge is 0.344 e. The van der Waals surface area contributed by atoms with Crippen molar-refractivity contribution in [3.05, 3.63) is 94.8 Å². The molecule has 1 aromatic heterocycles. The lowest BCUT2D eigenvalue weighted by molar-refractivity contribution is 0.0788. The monoisotopic (exact) mass is 373 g/mol. The average Bonchev–Trinajstić information content (AvgIpc) is 3.24. The second-order valence-corrected chi connectivity index (χ2v) is 7.75. The second kappa shape index (κ2) is 7.64. The molecule has 28 heavy (non-hydrogen) atoms. The number of aryl methyl sites for hydroxylation is 1. The van der Waals surface area contributed by atoms with Gasteiger partial charge in [0.1, 0.15) is 0 Å². The molecule has 2 atom stereocenters. The molecule has 2 aromatic carbocycles. The van der Waals surface area contributed by atoms with Crippen LogP contribution in [0.25, 0.3) is 0 Å². The minimum absolute atomic E-state index is 0.0286. The van der Waals surface area contributed by atoms with E-state index in [0.29, 0.717) is 13.1 Å². The van der Waals surface area contributed by atoms with Crippen LogP contribution >= 0.6 is 0 Å². The normalized spacial score (nSPS) is 19.2. The highest BCUT2D eigenvalue weighted by Crippen LogP contribution is 2.28. The Kier molecular flexibility index (Phi) is 5.05. The third-order valence-corrected chi connectivity index (χ3v) is 5.87. The fraction of sp³-hybridized carbons (Fsp3) is 0.292. The van der Waals surface area contributed by atoms with Crippen molar-refractivity contribution in [2.24, 2.45) is 5.73 Å². The zero-order chi connectivity index (χ0) is 19.7. The maximum absolute atomic E-state index is 13.3. The summed E-state index contributed by atoms with van der Waals surface area (Å²) >= 11 is 0. The highest BCUT2D eigenvalue weighted by Gasteiger charge is 2.35. The molecule has 0 radical (unpaired) electrons. The number of benzene rings is 2. The quantitative estimate of drug-likeness (QED) is 0.758. The number of hydrogen-bond donors (Lipinski definition) is 1. The van der Waals surface area contributed by atoms with Crippen LogP contribution < -0.4 is 5.73 Å². The highest BCUT2D eigenvalue weighted by atomic mass is 16.2. The second-order valence-electron chi connectivity index (χ2n) is 7.75. The molecule has 2 N–H and O–H groups in total. The fourth-order valence-electron chi connectivity index (χ4n) is 4.25. The summed E-state index contributed by atoms with van der Waals surface area (Å²) < 4.78 is 2.22. The van der Waals surface area contributed by atoms with E-state index in [1.807, 2.05) is 54.3 Å². The summed E-state index contributed by atoms with van der Waals surface area (Å²) in [6, 6.07) is 22.6. The van der Waals surface area contributed by atoms with Crippen molar-refractivity contribution >= 4 is 5.91 Å². The minimum Gasteiger partial charge on any atom is -0.344 e. The SMILES string of the molecule is Cc1cc(C(=O)N2C[C@@H](N)[C@H](c3ccccc3)C2)c(C)n1Cc1ccccc1. The molecule has 0 bridgehead atoms. The number of likely N-dealkylation sites (tertiary alicyclic amines) is 1. The Hall–Kier alpha value is -2.85. The fourth-order valence-corrected chi connectivity index (χ4v) is 4.25. The molecule has 0 unspecified atom stereocenters. The molecule has 144 valence electrons. The van der Waals surface area contributed by atoms with E-state index in [0.717, 1.165) is 23.5 Å². The maximum atomic E-state index is 13.3. The summed E-state index contributed by atoms with van der Waals surface area (Å²) in [5.74, 6) is 0.277. The standard InChI is InChI=1S/C24H27N3O/c1-17-13-21(18(2)27(17)14-19-9-5-3-6-10-19)24(28)26-15-22(23(25)16-26)20-11-7-4-8-12-20/h3-13,22-23H,14-16,25H2,1-2H3/t22-,23+/m0/s1. The molecule has 1 fully saturated rings. The van der Waals surface area contributed by atoms with Gasteiger partial charge in [0.25, 0.3) is 5.91 Å². The molecular formula is C24H27N3O. The van der Waals surface area contributed by atoms with Gasteiger partial charge in [0, 0.05) is 43.0 Å². The van der Waals surface area contributed by atoms with Crippen LogP contribution in [0.5, 0.6) is 0 Å². The lowest BCUT2D eigenvalue weighted by Crippen LogP contribution is -2.32. The highest BCUT2D eigenvalue weighted by molar-refractivity contribution is 5.96.